The number of aromatic nitrogens is 4. The van der Waals surface area contributed by atoms with Gasteiger partial charge in [0.2, 0.25) is 0 Å². The summed E-state index contributed by atoms with van der Waals surface area (Å²) in [6.45, 7) is 1.60. The largest absolute Gasteiger partial charge is 0.433 e. The molecule has 3 aromatic heterocycles. The lowest BCUT2D eigenvalue weighted by molar-refractivity contribution is -0.384. The highest BCUT2D eigenvalue weighted by Gasteiger charge is 2.35. The first-order valence-electron chi connectivity index (χ1n) is 8.59. The highest BCUT2D eigenvalue weighted by molar-refractivity contribution is 6.03. The Morgan fingerprint density at radius 1 is 1.19 bits per heavy atom. The number of carbonyl (C=O) groups excluding carboxylic acids is 1. The van der Waals surface area contributed by atoms with Gasteiger partial charge in [0.1, 0.15) is 5.76 Å². The Hall–Kier alpha value is -4.29. The van der Waals surface area contributed by atoms with Gasteiger partial charge in [-0.05, 0) is 25.1 Å². The van der Waals surface area contributed by atoms with Crippen LogP contribution in [0.15, 0.2) is 47.0 Å². The molecule has 0 unspecified atom stereocenters. The number of hydrogen-bond donors (Lipinski definition) is 1. The van der Waals surface area contributed by atoms with Gasteiger partial charge in [0.25, 0.3) is 11.6 Å². The number of hydrogen-bond acceptors (Lipinski definition) is 7. The number of carbonyl (C=O) groups is 1. The third kappa shape index (κ3) is 3.92. The average Bonchev–Trinajstić information content (AvgIpc) is 3.32. The first kappa shape index (κ1) is 20.0. The Bertz CT molecular complexity index is 1310. The number of alkyl halides is 3. The van der Waals surface area contributed by atoms with Crippen LogP contribution in [0.2, 0.25) is 0 Å². The molecule has 1 aromatic carbocycles. The van der Waals surface area contributed by atoms with E-state index in [1.54, 1.807) is 6.92 Å². The molecule has 4 rings (SSSR count). The van der Waals surface area contributed by atoms with E-state index in [4.69, 9.17) is 4.52 Å². The summed E-state index contributed by atoms with van der Waals surface area (Å²) in [6, 6.07) is 8.16. The summed E-state index contributed by atoms with van der Waals surface area (Å²) in [6.07, 6.45) is -4.81. The van der Waals surface area contributed by atoms with Gasteiger partial charge in [-0.2, -0.15) is 18.3 Å². The van der Waals surface area contributed by atoms with Crippen molar-refractivity contribution in [1.82, 2.24) is 19.8 Å². The van der Waals surface area contributed by atoms with Crippen LogP contribution in [-0.4, -0.2) is 30.6 Å². The Balaban J connectivity index is 1.78. The molecule has 0 aliphatic rings. The second kappa shape index (κ2) is 7.19. The molecule has 0 bridgehead atoms. The maximum absolute atomic E-state index is 13.6. The minimum Gasteiger partial charge on any atom is -0.360 e. The molecule has 0 fully saturated rings. The monoisotopic (exact) mass is 432 g/mol. The van der Waals surface area contributed by atoms with E-state index in [9.17, 15) is 28.1 Å². The summed E-state index contributed by atoms with van der Waals surface area (Å²) in [5, 5.41) is 20.5. The van der Waals surface area contributed by atoms with E-state index in [2.05, 4.69) is 20.6 Å². The number of nitrogens with one attached hydrogen (secondary N) is 1. The molecular formula is C18H11F3N6O4. The number of halogens is 3. The van der Waals surface area contributed by atoms with Gasteiger partial charge in [0.15, 0.2) is 22.9 Å². The molecule has 1 N–H and O–H groups in total. The van der Waals surface area contributed by atoms with Crippen molar-refractivity contribution in [3.8, 4) is 11.3 Å². The number of non-ortho nitro benzene ring substituents is 1. The van der Waals surface area contributed by atoms with Crippen molar-refractivity contribution in [1.29, 1.82) is 0 Å². The Kier molecular flexibility index (Phi) is 4.64. The fourth-order valence-electron chi connectivity index (χ4n) is 2.79. The van der Waals surface area contributed by atoms with Crippen LogP contribution in [0.3, 0.4) is 0 Å². The predicted octanol–water partition coefficient (Wildman–Crippen LogP) is 3.87. The van der Waals surface area contributed by atoms with Crippen molar-refractivity contribution in [3.63, 3.8) is 0 Å². The van der Waals surface area contributed by atoms with Crippen molar-refractivity contribution >= 4 is 23.1 Å². The number of anilines is 1. The molecule has 0 spiro atoms. The van der Waals surface area contributed by atoms with Crippen molar-refractivity contribution in [2.75, 3.05) is 5.32 Å². The molecule has 0 saturated heterocycles. The van der Waals surface area contributed by atoms with E-state index in [1.165, 1.54) is 18.2 Å². The second-order valence-corrected chi connectivity index (χ2v) is 6.40. The lowest BCUT2D eigenvalue weighted by atomic mass is 10.1. The molecule has 0 saturated carbocycles. The van der Waals surface area contributed by atoms with Gasteiger partial charge < -0.3 is 9.84 Å². The van der Waals surface area contributed by atoms with Crippen molar-refractivity contribution in [2.24, 2.45) is 0 Å². The summed E-state index contributed by atoms with van der Waals surface area (Å²) in [4.78, 5) is 26.7. The zero-order valence-electron chi connectivity index (χ0n) is 15.5. The average molecular weight is 432 g/mol. The van der Waals surface area contributed by atoms with Crippen LogP contribution in [0, 0.1) is 17.0 Å². The third-order valence-corrected chi connectivity index (χ3v) is 4.19. The molecular weight excluding hydrogens is 421 g/mol. The van der Waals surface area contributed by atoms with Crippen LogP contribution >= 0.6 is 0 Å². The van der Waals surface area contributed by atoms with E-state index < -0.39 is 22.7 Å². The molecule has 1 amide bonds. The molecule has 10 nitrogen and oxygen atoms in total. The molecule has 3 heterocycles. The number of nitro benzene ring substituents is 1. The van der Waals surface area contributed by atoms with E-state index in [0.29, 0.717) is 10.3 Å². The standard InChI is InChI=1S/C18H11F3N6O4/c1-9-6-15(25-31-9)23-17(28)13-8-16-22-12(7-14(18(19,20)21)26(16)24-13)10-2-4-11(5-3-10)27(29)30/h2-8H,1H3,(H,23,25,28). The molecule has 0 aliphatic heterocycles. The highest BCUT2D eigenvalue weighted by atomic mass is 19.4. The number of rotatable bonds is 4. The minimum atomic E-state index is -4.81. The molecule has 13 heteroatoms. The first-order valence-corrected chi connectivity index (χ1v) is 8.59. The van der Waals surface area contributed by atoms with Crippen molar-refractivity contribution in [2.45, 2.75) is 13.1 Å². The number of benzene rings is 1. The summed E-state index contributed by atoms with van der Waals surface area (Å²) in [5.41, 5.74) is -1.80. The lowest BCUT2D eigenvalue weighted by Gasteiger charge is -2.11. The smallest absolute Gasteiger partial charge is 0.360 e. The summed E-state index contributed by atoms with van der Waals surface area (Å²) in [7, 11) is 0. The van der Waals surface area contributed by atoms with Crippen LogP contribution in [-0.2, 0) is 6.18 Å². The van der Waals surface area contributed by atoms with E-state index in [1.807, 2.05) is 0 Å². The van der Waals surface area contributed by atoms with Crippen LogP contribution in [0.5, 0.6) is 0 Å². The van der Waals surface area contributed by atoms with Crippen molar-refractivity contribution < 1.29 is 27.4 Å². The lowest BCUT2D eigenvalue weighted by Crippen LogP contribution is -2.15. The first-order chi connectivity index (χ1) is 14.6. The zero-order valence-corrected chi connectivity index (χ0v) is 15.5. The van der Waals surface area contributed by atoms with E-state index >= 15 is 0 Å². The van der Waals surface area contributed by atoms with Gasteiger partial charge in [-0.25, -0.2) is 9.50 Å². The van der Waals surface area contributed by atoms with Crippen molar-refractivity contribution in [3.05, 3.63) is 69.7 Å². The number of amides is 1. The maximum atomic E-state index is 13.6. The van der Waals surface area contributed by atoms with Gasteiger partial charge >= 0.3 is 6.18 Å². The fourth-order valence-corrected chi connectivity index (χ4v) is 2.79. The maximum Gasteiger partial charge on any atom is 0.433 e. The summed E-state index contributed by atoms with van der Waals surface area (Å²) < 4.78 is 46.3. The van der Waals surface area contributed by atoms with E-state index in [-0.39, 0.29) is 34.1 Å². The number of nitrogens with zero attached hydrogens (tertiary/aromatic N) is 5. The number of nitro groups is 1. The van der Waals surface area contributed by atoms with Crippen LogP contribution < -0.4 is 5.32 Å². The van der Waals surface area contributed by atoms with Crippen LogP contribution in [0.1, 0.15) is 21.9 Å². The molecule has 31 heavy (non-hydrogen) atoms. The van der Waals surface area contributed by atoms with Gasteiger partial charge in [-0.15, -0.1) is 0 Å². The SMILES string of the molecule is Cc1cc(NC(=O)c2cc3nc(-c4ccc([N+](=O)[O-])cc4)cc(C(F)(F)F)n3n2)no1. The summed E-state index contributed by atoms with van der Waals surface area (Å²) >= 11 is 0. The van der Waals surface area contributed by atoms with Gasteiger partial charge in [0, 0.05) is 29.8 Å². The molecule has 0 atom stereocenters. The Morgan fingerprint density at radius 3 is 2.48 bits per heavy atom. The zero-order chi connectivity index (χ0) is 22.3. The number of fused-ring (bicyclic) bond motifs is 1. The Morgan fingerprint density at radius 2 is 1.90 bits per heavy atom. The highest BCUT2D eigenvalue weighted by Crippen LogP contribution is 2.32. The molecule has 0 radical (unpaired) electrons. The van der Waals surface area contributed by atoms with Crippen LogP contribution in [0.4, 0.5) is 24.7 Å². The molecule has 0 aliphatic carbocycles. The molecule has 158 valence electrons. The third-order valence-electron chi connectivity index (χ3n) is 4.19. The predicted molar refractivity (Wildman–Crippen MR) is 99.3 cm³/mol. The second-order valence-electron chi connectivity index (χ2n) is 6.40. The fraction of sp³-hybridized carbons (Fsp3) is 0.111. The quantitative estimate of drug-likeness (QED) is 0.383. The topological polar surface area (TPSA) is 128 Å². The normalized spacial score (nSPS) is 11.6. The van der Waals surface area contributed by atoms with Gasteiger partial charge in [-0.3, -0.25) is 14.9 Å². The van der Waals surface area contributed by atoms with E-state index in [0.717, 1.165) is 24.3 Å². The summed E-state index contributed by atoms with van der Waals surface area (Å²) in [5.74, 6) is -0.294. The van der Waals surface area contributed by atoms with Crippen LogP contribution in [0.25, 0.3) is 16.9 Å². The minimum absolute atomic E-state index is 0.0788. The number of aryl methyl sites for hydroxylation is 1. The van der Waals surface area contributed by atoms with Gasteiger partial charge in [0.05, 0.1) is 10.6 Å². The van der Waals surface area contributed by atoms with Gasteiger partial charge in [-0.1, -0.05) is 5.16 Å². The molecule has 4 aromatic rings. The Labute approximate surface area is 170 Å².